The number of ether oxygens (including phenoxy) is 1. The van der Waals surface area contributed by atoms with E-state index >= 15 is 0 Å². The Morgan fingerprint density at radius 3 is 2.07 bits per heavy atom. The quantitative estimate of drug-likeness (QED) is 0.779. The van der Waals surface area contributed by atoms with Crippen molar-refractivity contribution in [2.45, 2.75) is 71.5 Å². The maximum atomic E-state index is 10.1. The summed E-state index contributed by atoms with van der Waals surface area (Å²) in [6.45, 7) is 9.37. The SMILES string of the molecule is CCOC1(C(O)CC)CCC(C)(C)CC1. The summed E-state index contributed by atoms with van der Waals surface area (Å²) in [7, 11) is 0. The Hall–Kier alpha value is -0.0800. The lowest BCUT2D eigenvalue weighted by molar-refractivity contribution is -0.151. The Morgan fingerprint density at radius 1 is 1.13 bits per heavy atom. The highest BCUT2D eigenvalue weighted by Crippen LogP contribution is 2.44. The molecule has 0 aromatic heterocycles. The van der Waals surface area contributed by atoms with Gasteiger partial charge in [0, 0.05) is 6.61 Å². The lowest BCUT2D eigenvalue weighted by atomic mass is 9.68. The second-order valence-corrected chi connectivity index (χ2v) is 5.59. The van der Waals surface area contributed by atoms with Crippen LogP contribution in [0.3, 0.4) is 0 Å². The average molecular weight is 214 g/mol. The Kier molecular flexibility index (Phi) is 4.19. The van der Waals surface area contributed by atoms with Crippen LogP contribution in [0.5, 0.6) is 0 Å². The number of rotatable bonds is 4. The third kappa shape index (κ3) is 2.94. The van der Waals surface area contributed by atoms with E-state index in [-0.39, 0.29) is 11.7 Å². The first-order chi connectivity index (χ1) is 6.96. The van der Waals surface area contributed by atoms with Gasteiger partial charge < -0.3 is 9.84 Å². The topological polar surface area (TPSA) is 29.5 Å². The van der Waals surface area contributed by atoms with Gasteiger partial charge in [-0.3, -0.25) is 0 Å². The average Bonchev–Trinajstić information content (AvgIpc) is 2.21. The summed E-state index contributed by atoms with van der Waals surface area (Å²) in [5.41, 5.74) is 0.174. The van der Waals surface area contributed by atoms with Gasteiger partial charge in [0.15, 0.2) is 0 Å². The first-order valence-corrected chi connectivity index (χ1v) is 6.28. The standard InChI is InChI=1S/C13H26O2/c1-5-11(14)13(15-6-2)9-7-12(3,4)8-10-13/h11,14H,5-10H2,1-4H3. The van der Waals surface area contributed by atoms with E-state index in [1.165, 1.54) is 0 Å². The van der Waals surface area contributed by atoms with Crippen molar-refractivity contribution in [1.82, 2.24) is 0 Å². The van der Waals surface area contributed by atoms with E-state index in [1.54, 1.807) is 0 Å². The van der Waals surface area contributed by atoms with Crippen molar-refractivity contribution in [3.63, 3.8) is 0 Å². The van der Waals surface area contributed by atoms with Gasteiger partial charge in [-0.15, -0.1) is 0 Å². The van der Waals surface area contributed by atoms with Gasteiger partial charge in [0.1, 0.15) is 0 Å². The second kappa shape index (κ2) is 4.84. The molecule has 90 valence electrons. The van der Waals surface area contributed by atoms with Crippen molar-refractivity contribution in [1.29, 1.82) is 0 Å². The molecule has 2 heteroatoms. The number of hydrogen-bond acceptors (Lipinski definition) is 2. The van der Waals surface area contributed by atoms with E-state index in [1.807, 2.05) is 13.8 Å². The molecule has 1 fully saturated rings. The van der Waals surface area contributed by atoms with Crippen LogP contribution >= 0.6 is 0 Å². The molecule has 1 rings (SSSR count). The van der Waals surface area contributed by atoms with Gasteiger partial charge in [0.2, 0.25) is 0 Å². The fourth-order valence-electron chi connectivity index (χ4n) is 2.58. The van der Waals surface area contributed by atoms with Crippen LogP contribution in [-0.4, -0.2) is 23.4 Å². The molecule has 0 amide bonds. The molecule has 1 aliphatic carbocycles. The van der Waals surface area contributed by atoms with E-state index in [0.717, 1.165) is 32.1 Å². The summed E-state index contributed by atoms with van der Waals surface area (Å²) in [6.07, 6.45) is 4.81. The normalized spacial score (nSPS) is 26.2. The van der Waals surface area contributed by atoms with Gasteiger partial charge in [0.25, 0.3) is 0 Å². The van der Waals surface area contributed by atoms with Gasteiger partial charge >= 0.3 is 0 Å². The first-order valence-electron chi connectivity index (χ1n) is 6.28. The number of aliphatic hydroxyl groups excluding tert-OH is 1. The van der Waals surface area contributed by atoms with Crippen molar-refractivity contribution in [2.24, 2.45) is 5.41 Å². The molecule has 1 aliphatic rings. The summed E-state index contributed by atoms with van der Waals surface area (Å²) in [4.78, 5) is 0. The predicted octanol–water partition coefficient (Wildman–Crippen LogP) is 3.13. The van der Waals surface area contributed by atoms with Crippen LogP contribution in [0.1, 0.15) is 59.8 Å². The third-order valence-electron chi connectivity index (χ3n) is 3.88. The van der Waals surface area contributed by atoms with E-state index in [4.69, 9.17) is 4.74 Å². The minimum Gasteiger partial charge on any atom is -0.390 e. The molecule has 0 aromatic rings. The molecular weight excluding hydrogens is 188 g/mol. The Morgan fingerprint density at radius 2 is 1.67 bits per heavy atom. The van der Waals surface area contributed by atoms with Crippen LogP contribution in [0.25, 0.3) is 0 Å². The molecule has 2 nitrogen and oxygen atoms in total. The lowest BCUT2D eigenvalue weighted by Gasteiger charge is -2.45. The fourth-order valence-corrected chi connectivity index (χ4v) is 2.58. The summed E-state index contributed by atoms with van der Waals surface area (Å²) in [5.74, 6) is 0. The van der Waals surface area contributed by atoms with Crippen LogP contribution in [0.15, 0.2) is 0 Å². The monoisotopic (exact) mass is 214 g/mol. The molecule has 0 aromatic carbocycles. The molecule has 1 N–H and O–H groups in total. The van der Waals surface area contributed by atoms with Crippen molar-refractivity contribution in [3.05, 3.63) is 0 Å². The molecule has 0 saturated heterocycles. The summed E-state index contributed by atoms with van der Waals surface area (Å²) >= 11 is 0. The first kappa shape index (κ1) is 13.0. The molecule has 1 unspecified atom stereocenters. The van der Waals surface area contributed by atoms with Crippen LogP contribution in [-0.2, 0) is 4.74 Å². The molecule has 15 heavy (non-hydrogen) atoms. The zero-order chi connectivity index (χ0) is 11.5. The lowest BCUT2D eigenvalue weighted by Crippen LogP contribution is -2.48. The summed E-state index contributed by atoms with van der Waals surface area (Å²) in [6, 6.07) is 0. The molecular formula is C13H26O2. The largest absolute Gasteiger partial charge is 0.390 e. The Bertz CT molecular complexity index is 189. The summed E-state index contributed by atoms with van der Waals surface area (Å²) in [5, 5.41) is 10.1. The Labute approximate surface area is 94.0 Å². The minimum absolute atomic E-state index is 0.251. The highest BCUT2D eigenvalue weighted by Gasteiger charge is 2.43. The van der Waals surface area contributed by atoms with Crippen LogP contribution in [0.2, 0.25) is 0 Å². The van der Waals surface area contributed by atoms with Gasteiger partial charge in [0.05, 0.1) is 11.7 Å². The molecule has 0 spiro atoms. The van der Waals surface area contributed by atoms with E-state index in [2.05, 4.69) is 13.8 Å². The van der Waals surface area contributed by atoms with Crippen molar-refractivity contribution >= 4 is 0 Å². The highest BCUT2D eigenvalue weighted by molar-refractivity contribution is 4.95. The van der Waals surface area contributed by atoms with Gasteiger partial charge in [-0.1, -0.05) is 20.8 Å². The van der Waals surface area contributed by atoms with Gasteiger partial charge in [-0.05, 0) is 44.4 Å². The molecule has 1 atom stereocenters. The molecule has 0 aliphatic heterocycles. The van der Waals surface area contributed by atoms with Gasteiger partial charge in [-0.25, -0.2) is 0 Å². The maximum Gasteiger partial charge on any atom is 0.0940 e. The van der Waals surface area contributed by atoms with Crippen LogP contribution in [0, 0.1) is 5.41 Å². The van der Waals surface area contributed by atoms with Crippen LogP contribution < -0.4 is 0 Å². The summed E-state index contributed by atoms with van der Waals surface area (Å²) < 4.78 is 5.87. The minimum atomic E-state index is -0.298. The smallest absolute Gasteiger partial charge is 0.0940 e. The maximum absolute atomic E-state index is 10.1. The molecule has 0 heterocycles. The molecule has 0 bridgehead atoms. The highest BCUT2D eigenvalue weighted by atomic mass is 16.5. The second-order valence-electron chi connectivity index (χ2n) is 5.59. The van der Waals surface area contributed by atoms with Gasteiger partial charge in [-0.2, -0.15) is 0 Å². The van der Waals surface area contributed by atoms with Crippen molar-refractivity contribution in [3.8, 4) is 0 Å². The third-order valence-corrected chi connectivity index (χ3v) is 3.88. The Balaban J connectivity index is 2.68. The van der Waals surface area contributed by atoms with Crippen molar-refractivity contribution in [2.75, 3.05) is 6.61 Å². The molecule has 1 saturated carbocycles. The number of aliphatic hydroxyl groups is 1. The molecule has 0 radical (unpaired) electrons. The van der Waals surface area contributed by atoms with Crippen LogP contribution in [0.4, 0.5) is 0 Å². The van der Waals surface area contributed by atoms with E-state index < -0.39 is 0 Å². The van der Waals surface area contributed by atoms with E-state index in [9.17, 15) is 5.11 Å². The van der Waals surface area contributed by atoms with E-state index in [0.29, 0.717) is 12.0 Å². The fraction of sp³-hybridized carbons (Fsp3) is 1.00. The zero-order valence-corrected chi connectivity index (χ0v) is 10.7. The van der Waals surface area contributed by atoms with Crippen molar-refractivity contribution < 1.29 is 9.84 Å². The number of hydrogen-bond donors (Lipinski definition) is 1. The zero-order valence-electron chi connectivity index (χ0n) is 10.7. The predicted molar refractivity (Wildman–Crippen MR) is 62.9 cm³/mol.